The van der Waals surface area contributed by atoms with Gasteiger partial charge in [-0.25, -0.2) is 0 Å². The van der Waals surface area contributed by atoms with Crippen LogP contribution in [0.4, 0.5) is 5.82 Å². The summed E-state index contributed by atoms with van der Waals surface area (Å²) < 4.78 is 0. The SMILES string of the molecule is CC(CC(N)=O)Nc1ccc(Cl)nn1. The number of carbonyl (C=O) groups is 1. The highest BCUT2D eigenvalue weighted by Crippen LogP contribution is 2.08. The molecule has 14 heavy (non-hydrogen) atoms. The molecular formula is C8H11ClN4O. The topological polar surface area (TPSA) is 80.9 Å². The Morgan fingerprint density at radius 2 is 2.36 bits per heavy atom. The van der Waals surface area contributed by atoms with E-state index < -0.39 is 0 Å². The maximum absolute atomic E-state index is 10.6. The van der Waals surface area contributed by atoms with E-state index >= 15 is 0 Å². The number of nitrogens with zero attached hydrogens (tertiary/aromatic N) is 2. The van der Waals surface area contributed by atoms with Crippen LogP contribution >= 0.6 is 11.6 Å². The first kappa shape index (κ1) is 10.7. The molecule has 0 bridgehead atoms. The molecule has 5 nitrogen and oxygen atoms in total. The summed E-state index contributed by atoms with van der Waals surface area (Å²) in [7, 11) is 0. The lowest BCUT2D eigenvalue weighted by Gasteiger charge is -2.11. The van der Waals surface area contributed by atoms with Crippen molar-refractivity contribution in [3.8, 4) is 0 Å². The first-order valence-corrected chi connectivity index (χ1v) is 4.50. The van der Waals surface area contributed by atoms with Crippen LogP contribution in [0.5, 0.6) is 0 Å². The normalized spacial score (nSPS) is 12.1. The summed E-state index contributed by atoms with van der Waals surface area (Å²) in [4.78, 5) is 10.6. The lowest BCUT2D eigenvalue weighted by atomic mass is 10.2. The molecule has 0 saturated carbocycles. The molecule has 0 spiro atoms. The monoisotopic (exact) mass is 214 g/mol. The fraction of sp³-hybridized carbons (Fsp3) is 0.375. The molecule has 0 saturated heterocycles. The van der Waals surface area contributed by atoms with Crippen molar-refractivity contribution in [2.24, 2.45) is 5.73 Å². The van der Waals surface area contributed by atoms with E-state index in [0.717, 1.165) is 0 Å². The molecule has 0 aliphatic carbocycles. The van der Waals surface area contributed by atoms with Gasteiger partial charge in [-0.2, -0.15) is 0 Å². The minimum absolute atomic E-state index is 0.0667. The van der Waals surface area contributed by atoms with E-state index in [1.54, 1.807) is 12.1 Å². The van der Waals surface area contributed by atoms with E-state index in [1.807, 2.05) is 6.92 Å². The summed E-state index contributed by atoms with van der Waals surface area (Å²) >= 11 is 5.56. The molecule has 1 amide bonds. The molecule has 0 radical (unpaired) electrons. The van der Waals surface area contributed by atoms with Gasteiger partial charge in [0, 0.05) is 12.5 Å². The van der Waals surface area contributed by atoms with Crippen LogP contribution in [0.15, 0.2) is 12.1 Å². The number of anilines is 1. The molecule has 0 aromatic carbocycles. The zero-order valence-electron chi connectivity index (χ0n) is 7.70. The number of hydrogen-bond donors (Lipinski definition) is 2. The van der Waals surface area contributed by atoms with Crippen molar-refractivity contribution >= 4 is 23.3 Å². The summed E-state index contributed by atoms with van der Waals surface area (Å²) in [6, 6.07) is 3.24. The summed E-state index contributed by atoms with van der Waals surface area (Å²) in [5.74, 6) is 0.218. The van der Waals surface area contributed by atoms with E-state index in [4.69, 9.17) is 17.3 Å². The first-order chi connectivity index (χ1) is 6.58. The van der Waals surface area contributed by atoms with Crippen LogP contribution in [-0.4, -0.2) is 22.1 Å². The Morgan fingerprint density at radius 1 is 1.64 bits per heavy atom. The average Bonchev–Trinajstić information content (AvgIpc) is 2.07. The number of halogens is 1. The second-order valence-corrected chi connectivity index (χ2v) is 3.34. The number of primary amides is 1. The van der Waals surface area contributed by atoms with Crippen LogP contribution in [0.2, 0.25) is 5.15 Å². The van der Waals surface area contributed by atoms with Crippen molar-refractivity contribution in [2.45, 2.75) is 19.4 Å². The van der Waals surface area contributed by atoms with E-state index in [-0.39, 0.29) is 18.4 Å². The predicted octanol–water partition coefficient (Wildman–Crippen LogP) is 0.806. The Bertz CT molecular complexity index is 314. The molecule has 0 aliphatic heterocycles. The third-order valence-corrected chi connectivity index (χ3v) is 1.74. The van der Waals surface area contributed by atoms with Crippen LogP contribution in [0, 0.1) is 0 Å². The van der Waals surface area contributed by atoms with Crippen LogP contribution < -0.4 is 11.1 Å². The summed E-state index contributed by atoms with van der Waals surface area (Å²) in [6.45, 7) is 1.83. The van der Waals surface area contributed by atoms with E-state index in [0.29, 0.717) is 11.0 Å². The number of amides is 1. The smallest absolute Gasteiger partial charge is 0.219 e. The Balaban J connectivity index is 2.51. The fourth-order valence-electron chi connectivity index (χ4n) is 0.998. The van der Waals surface area contributed by atoms with Gasteiger partial charge in [0.15, 0.2) is 5.15 Å². The van der Waals surface area contributed by atoms with Crippen LogP contribution in [-0.2, 0) is 4.79 Å². The first-order valence-electron chi connectivity index (χ1n) is 4.12. The van der Waals surface area contributed by atoms with Gasteiger partial charge in [0.05, 0.1) is 0 Å². The fourth-order valence-corrected chi connectivity index (χ4v) is 1.10. The van der Waals surface area contributed by atoms with Crippen molar-refractivity contribution in [1.29, 1.82) is 0 Å². The third kappa shape index (κ3) is 3.57. The standard InChI is InChI=1S/C8H11ClN4O/c1-5(4-7(10)14)11-8-3-2-6(9)12-13-8/h2-3,5H,4H2,1H3,(H2,10,14)(H,11,13). The van der Waals surface area contributed by atoms with Crippen molar-refractivity contribution < 1.29 is 4.79 Å². The second-order valence-electron chi connectivity index (χ2n) is 2.96. The number of nitrogens with one attached hydrogen (secondary N) is 1. The van der Waals surface area contributed by atoms with Crippen molar-refractivity contribution in [2.75, 3.05) is 5.32 Å². The van der Waals surface area contributed by atoms with Gasteiger partial charge in [0.1, 0.15) is 5.82 Å². The molecule has 0 fully saturated rings. The maximum Gasteiger partial charge on any atom is 0.219 e. The van der Waals surface area contributed by atoms with Crippen molar-refractivity contribution in [3.05, 3.63) is 17.3 Å². The van der Waals surface area contributed by atoms with E-state index in [2.05, 4.69) is 15.5 Å². The molecule has 1 atom stereocenters. The van der Waals surface area contributed by atoms with Crippen LogP contribution in [0.1, 0.15) is 13.3 Å². The Labute approximate surface area is 86.7 Å². The minimum Gasteiger partial charge on any atom is -0.370 e. The van der Waals surface area contributed by atoms with Gasteiger partial charge in [-0.15, -0.1) is 10.2 Å². The number of carbonyl (C=O) groups excluding carboxylic acids is 1. The zero-order chi connectivity index (χ0) is 10.6. The molecule has 1 unspecified atom stereocenters. The molecule has 1 aromatic heterocycles. The highest BCUT2D eigenvalue weighted by molar-refractivity contribution is 6.29. The molecule has 1 aromatic rings. The minimum atomic E-state index is -0.355. The van der Waals surface area contributed by atoms with Crippen molar-refractivity contribution in [3.63, 3.8) is 0 Å². The van der Waals surface area contributed by atoms with Gasteiger partial charge < -0.3 is 11.1 Å². The van der Waals surface area contributed by atoms with Gasteiger partial charge in [0.2, 0.25) is 5.91 Å². The highest BCUT2D eigenvalue weighted by Gasteiger charge is 2.06. The maximum atomic E-state index is 10.6. The van der Waals surface area contributed by atoms with Gasteiger partial charge >= 0.3 is 0 Å². The van der Waals surface area contributed by atoms with Crippen LogP contribution in [0.25, 0.3) is 0 Å². The highest BCUT2D eigenvalue weighted by atomic mass is 35.5. The number of nitrogens with two attached hydrogens (primary N) is 1. The lowest BCUT2D eigenvalue weighted by Crippen LogP contribution is -2.24. The second kappa shape index (κ2) is 4.76. The Morgan fingerprint density at radius 3 is 2.86 bits per heavy atom. The largest absolute Gasteiger partial charge is 0.370 e. The molecule has 1 heterocycles. The summed E-state index contributed by atoms with van der Waals surface area (Å²) in [5.41, 5.74) is 5.04. The van der Waals surface area contributed by atoms with Gasteiger partial charge in [-0.3, -0.25) is 4.79 Å². The van der Waals surface area contributed by atoms with Gasteiger partial charge in [0.25, 0.3) is 0 Å². The third-order valence-electron chi connectivity index (χ3n) is 1.53. The molecular weight excluding hydrogens is 204 g/mol. The van der Waals surface area contributed by atoms with E-state index in [1.165, 1.54) is 0 Å². The lowest BCUT2D eigenvalue weighted by molar-refractivity contribution is -0.118. The van der Waals surface area contributed by atoms with Gasteiger partial charge in [-0.1, -0.05) is 11.6 Å². The predicted molar refractivity (Wildman–Crippen MR) is 53.9 cm³/mol. The van der Waals surface area contributed by atoms with Gasteiger partial charge in [-0.05, 0) is 19.1 Å². The zero-order valence-corrected chi connectivity index (χ0v) is 8.45. The number of rotatable bonds is 4. The molecule has 3 N–H and O–H groups in total. The Kier molecular flexibility index (Phi) is 3.64. The molecule has 6 heteroatoms. The number of aromatic nitrogens is 2. The number of hydrogen-bond acceptors (Lipinski definition) is 4. The Hall–Kier alpha value is -1.36. The summed E-state index contributed by atoms with van der Waals surface area (Å²) in [5, 5.41) is 10.7. The molecule has 1 rings (SSSR count). The molecule has 76 valence electrons. The van der Waals surface area contributed by atoms with Crippen LogP contribution in [0.3, 0.4) is 0 Å². The summed E-state index contributed by atoms with van der Waals surface area (Å²) in [6.07, 6.45) is 0.254. The van der Waals surface area contributed by atoms with Crippen molar-refractivity contribution in [1.82, 2.24) is 10.2 Å². The molecule has 0 aliphatic rings. The van der Waals surface area contributed by atoms with E-state index in [9.17, 15) is 4.79 Å². The average molecular weight is 215 g/mol. The quantitative estimate of drug-likeness (QED) is 0.777.